The fourth-order valence-electron chi connectivity index (χ4n) is 3.11. The van der Waals surface area contributed by atoms with E-state index in [2.05, 4.69) is 33.9 Å². The van der Waals surface area contributed by atoms with E-state index in [-0.39, 0.29) is 12.1 Å². The SMILES string of the molecule is CC1OCCC1c1nc(N2CCCC(N)C2C)n[nH]1. The molecule has 0 saturated carbocycles. The number of anilines is 1. The Hall–Kier alpha value is -1.14. The maximum absolute atomic E-state index is 6.13. The zero-order chi connectivity index (χ0) is 13.4. The Morgan fingerprint density at radius 2 is 2.21 bits per heavy atom. The number of nitrogens with one attached hydrogen (secondary N) is 1. The van der Waals surface area contributed by atoms with Gasteiger partial charge in [0.1, 0.15) is 5.82 Å². The van der Waals surface area contributed by atoms with Gasteiger partial charge in [-0.25, -0.2) is 0 Å². The molecule has 4 atom stereocenters. The maximum atomic E-state index is 6.13. The van der Waals surface area contributed by atoms with E-state index < -0.39 is 0 Å². The van der Waals surface area contributed by atoms with E-state index in [0.29, 0.717) is 12.0 Å². The van der Waals surface area contributed by atoms with E-state index in [1.165, 1.54) is 0 Å². The van der Waals surface area contributed by atoms with Crippen LogP contribution in [0.25, 0.3) is 0 Å². The summed E-state index contributed by atoms with van der Waals surface area (Å²) in [6.07, 6.45) is 3.44. The normalized spacial score (nSPS) is 35.8. The molecule has 2 aliphatic rings. The number of nitrogens with two attached hydrogens (primary N) is 1. The predicted octanol–water partition coefficient (Wildman–Crippen LogP) is 1.01. The molecular weight excluding hydrogens is 242 g/mol. The Morgan fingerprint density at radius 1 is 1.37 bits per heavy atom. The van der Waals surface area contributed by atoms with Gasteiger partial charge >= 0.3 is 0 Å². The monoisotopic (exact) mass is 265 g/mol. The molecule has 1 aromatic rings. The Labute approximate surface area is 113 Å². The quantitative estimate of drug-likeness (QED) is 0.834. The van der Waals surface area contributed by atoms with E-state index in [1.54, 1.807) is 0 Å². The second-order valence-electron chi connectivity index (χ2n) is 5.73. The minimum atomic E-state index is 0.212. The molecule has 0 bridgehead atoms. The number of aromatic nitrogens is 3. The number of hydrogen-bond acceptors (Lipinski definition) is 5. The third-order valence-electron chi connectivity index (χ3n) is 4.52. The highest BCUT2D eigenvalue weighted by Crippen LogP contribution is 2.30. The summed E-state index contributed by atoms with van der Waals surface area (Å²) in [7, 11) is 0. The highest BCUT2D eigenvalue weighted by molar-refractivity contribution is 5.33. The first kappa shape index (κ1) is 12.9. The lowest BCUT2D eigenvalue weighted by molar-refractivity contribution is 0.117. The lowest BCUT2D eigenvalue weighted by Crippen LogP contribution is -2.51. The smallest absolute Gasteiger partial charge is 0.245 e. The molecule has 2 saturated heterocycles. The van der Waals surface area contributed by atoms with Crippen molar-refractivity contribution in [1.82, 2.24) is 15.2 Å². The van der Waals surface area contributed by atoms with Crippen molar-refractivity contribution in [2.24, 2.45) is 5.73 Å². The van der Waals surface area contributed by atoms with Crippen molar-refractivity contribution in [3.05, 3.63) is 5.82 Å². The van der Waals surface area contributed by atoms with Crippen LogP contribution in [0.1, 0.15) is 44.9 Å². The van der Waals surface area contributed by atoms with E-state index >= 15 is 0 Å². The average molecular weight is 265 g/mol. The van der Waals surface area contributed by atoms with Gasteiger partial charge in [0.05, 0.1) is 6.10 Å². The number of hydrogen-bond donors (Lipinski definition) is 2. The molecule has 2 aliphatic heterocycles. The number of nitrogens with zero attached hydrogens (tertiary/aromatic N) is 3. The van der Waals surface area contributed by atoms with Crippen molar-refractivity contribution in [1.29, 1.82) is 0 Å². The molecule has 4 unspecified atom stereocenters. The van der Waals surface area contributed by atoms with Gasteiger partial charge < -0.3 is 15.4 Å². The van der Waals surface area contributed by atoms with Gasteiger partial charge in [-0.2, -0.15) is 4.98 Å². The minimum Gasteiger partial charge on any atom is -0.378 e. The van der Waals surface area contributed by atoms with Gasteiger partial charge in [-0.15, -0.1) is 5.10 Å². The zero-order valence-electron chi connectivity index (χ0n) is 11.7. The first-order chi connectivity index (χ1) is 9.16. The topological polar surface area (TPSA) is 80.1 Å². The summed E-state index contributed by atoms with van der Waals surface area (Å²) in [5, 5.41) is 7.47. The zero-order valence-corrected chi connectivity index (χ0v) is 11.7. The van der Waals surface area contributed by atoms with Gasteiger partial charge in [-0.3, -0.25) is 5.10 Å². The molecule has 0 radical (unpaired) electrons. The Balaban J connectivity index is 1.77. The Kier molecular flexibility index (Phi) is 3.45. The van der Waals surface area contributed by atoms with Gasteiger partial charge in [0.25, 0.3) is 0 Å². The van der Waals surface area contributed by atoms with Crippen molar-refractivity contribution in [3.8, 4) is 0 Å². The summed E-state index contributed by atoms with van der Waals surface area (Å²) < 4.78 is 5.59. The molecule has 19 heavy (non-hydrogen) atoms. The molecule has 6 heteroatoms. The number of piperidine rings is 1. The summed E-state index contributed by atoms with van der Waals surface area (Å²) >= 11 is 0. The summed E-state index contributed by atoms with van der Waals surface area (Å²) in [5.41, 5.74) is 6.13. The van der Waals surface area contributed by atoms with Crippen LogP contribution in [-0.2, 0) is 4.74 Å². The maximum Gasteiger partial charge on any atom is 0.245 e. The third kappa shape index (κ3) is 2.34. The molecule has 0 spiro atoms. The number of ether oxygens (including phenoxy) is 1. The summed E-state index contributed by atoms with van der Waals surface area (Å²) in [6.45, 7) is 6.05. The van der Waals surface area contributed by atoms with Gasteiger partial charge in [-0.05, 0) is 33.1 Å². The largest absolute Gasteiger partial charge is 0.378 e. The molecular formula is C13H23N5O. The molecule has 3 rings (SSSR count). The molecule has 3 heterocycles. The van der Waals surface area contributed by atoms with Crippen LogP contribution in [0.3, 0.4) is 0 Å². The number of rotatable bonds is 2. The molecule has 106 valence electrons. The molecule has 0 amide bonds. The Bertz CT molecular complexity index is 434. The lowest BCUT2D eigenvalue weighted by Gasteiger charge is -2.36. The van der Waals surface area contributed by atoms with Gasteiger partial charge in [0.15, 0.2) is 0 Å². The second-order valence-corrected chi connectivity index (χ2v) is 5.73. The van der Waals surface area contributed by atoms with E-state index in [0.717, 1.165) is 44.2 Å². The van der Waals surface area contributed by atoms with Crippen molar-refractivity contribution in [2.45, 2.75) is 57.2 Å². The molecule has 0 aromatic carbocycles. The molecule has 2 fully saturated rings. The van der Waals surface area contributed by atoms with Crippen molar-refractivity contribution < 1.29 is 4.74 Å². The predicted molar refractivity (Wildman–Crippen MR) is 73.2 cm³/mol. The molecule has 1 aromatic heterocycles. The van der Waals surface area contributed by atoms with E-state index in [1.807, 2.05) is 0 Å². The van der Waals surface area contributed by atoms with E-state index in [9.17, 15) is 0 Å². The van der Waals surface area contributed by atoms with Crippen LogP contribution >= 0.6 is 0 Å². The van der Waals surface area contributed by atoms with Gasteiger partial charge in [0.2, 0.25) is 5.95 Å². The minimum absolute atomic E-state index is 0.212. The van der Waals surface area contributed by atoms with Crippen LogP contribution in [0, 0.1) is 0 Å². The molecule has 0 aliphatic carbocycles. The van der Waals surface area contributed by atoms with Crippen LogP contribution in [0.2, 0.25) is 0 Å². The number of H-pyrrole nitrogens is 1. The fourth-order valence-corrected chi connectivity index (χ4v) is 3.11. The van der Waals surface area contributed by atoms with Gasteiger partial charge in [-0.1, -0.05) is 0 Å². The fraction of sp³-hybridized carbons (Fsp3) is 0.846. The second kappa shape index (κ2) is 5.09. The number of aromatic amines is 1. The summed E-state index contributed by atoms with van der Waals surface area (Å²) in [5.74, 6) is 2.08. The third-order valence-corrected chi connectivity index (χ3v) is 4.52. The molecule has 3 N–H and O–H groups in total. The van der Waals surface area contributed by atoms with Crippen molar-refractivity contribution >= 4 is 5.95 Å². The summed E-state index contributed by atoms with van der Waals surface area (Å²) in [4.78, 5) is 6.89. The highest BCUT2D eigenvalue weighted by atomic mass is 16.5. The van der Waals surface area contributed by atoms with Crippen molar-refractivity contribution in [3.63, 3.8) is 0 Å². The standard InChI is InChI=1S/C13H23N5O/c1-8-11(14)4-3-6-18(8)13-15-12(16-17-13)10-5-7-19-9(10)2/h8-11H,3-7,14H2,1-2H3,(H,15,16,17). The molecule has 6 nitrogen and oxygen atoms in total. The van der Waals surface area contributed by atoms with E-state index in [4.69, 9.17) is 10.5 Å². The lowest BCUT2D eigenvalue weighted by atomic mass is 9.99. The Morgan fingerprint density at radius 3 is 2.95 bits per heavy atom. The summed E-state index contributed by atoms with van der Waals surface area (Å²) in [6, 6.07) is 0.513. The van der Waals surface area contributed by atoms with Crippen LogP contribution in [-0.4, -0.2) is 46.5 Å². The van der Waals surface area contributed by atoms with Crippen LogP contribution in [0.4, 0.5) is 5.95 Å². The van der Waals surface area contributed by atoms with Crippen LogP contribution in [0.5, 0.6) is 0 Å². The van der Waals surface area contributed by atoms with Gasteiger partial charge in [0, 0.05) is 31.2 Å². The average Bonchev–Trinajstić information content (AvgIpc) is 3.01. The highest BCUT2D eigenvalue weighted by Gasteiger charge is 2.31. The van der Waals surface area contributed by atoms with Crippen LogP contribution in [0.15, 0.2) is 0 Å². The first-order valence-corrected chi connectivity index (χ1v) is 7.23. The first-order valence-electron chi connectivity index (χ1n) is 7.23. The van der Waals surface area contributed by atoms with Crippen molar-refractivity contribution in [2.75, 3.05) is 18.1 Å². The van der Waals surface area contributed by atoms with Crippen LogP contribution < -0.4 is 10.6 Å².